The molecule has 0 aliphatic carbocycles. The van der Waals surface area contributed by atoms with E-state index in [1.54, 1.807) is 0 Å². The van der Waals surface area contributed by atoms with Gasteiger partial charge in [-0.25, -0.2) is 4.99 Å². The summed E-state index contributed by atoms with van der Waals surface area (Å²) in [4.78, 5) is 15.7. The molecule has 0 saturated heterocycles. The third-order valence-electron chi connectivity index (χ3n) is 2.76. The number of rotatable bonds is 8. The molecule has 0 atom stereocenters. The molecular formula is C16H26IN3O2. The first-order valence-corrected chi connectivity index (χ1v) is 7.48. The molecule has 2 N–H and O–H groups in total. The van der Waals surface area contributed by atoms with Crippen LogP contribution in [0.1, 0.15) is 32.3 Å². The van der Waals surface area contributed by atoms with Gasteiger partial charge < -0.3 is 15.4 Å². The van der Waals surface area contributed by atoms with Crippen LogP contribution < -0.4 is 10.6 Å². The molecule has 1 aromatic carbocycles. The Morgan fingerprint density at radius 1 is 1.18 bits per heavy atom. The van der Waals surface area contributed by atoms with Gasteiger partial charge >= 0.3 is 5.97 Å². The highest BCUT2D eigenvalue weighted by atomic mass is 127. The molecular weight excluding hydrogens is 393 g/mol. The number of benzene rings is 1. The van der Waals surface area contributed by atoms with E-state index in [2.05, 4.69) is 15.6 Å². The Hall–Kier alpha value is -1.31. The standard InChI is InChI=1S/C16H25N3O2.HI/c1-3-17-16(18-12-8-11-15(20)21-4-2)19-13-14-9-6-5-7-10-14;/h5-7,9-10H,3-4,8,11-13H2,1-2H3,(H2,17,18,19);1H. The van der Waals surface area contributed by atoms with Crippen LogP contribution in [0.4, 0.5) is 0 Å². The Kier molecular flexibility index (Phi) is 12.6. The van der Waals surface area contributed by atoms with Crippen molar-refractivity contribution in [2.75, 3.05) is 19.7 Å². The Balaban J connectivity index is 0.00000441. The molecule has 0 saturated carbocycles. The lowest BCUT2D eigenvalue weighted by Gasteiger charge is -2.11. The third-order valence-corrected chi connectivity index (χ3v) is 2.76. The zero-order valence-electron chi connectivity index (χ0n) is 13.3. The van der Waals surface area contributed by atoms with Gasteiger partial charge in [0, 0.05) is 19.5 Å². The second-order valence-corrected chi connectivity index (χ2v) is 4.52. The van der Waals surface area contributed by atoms with Gasteiger partial charge in [-0.3, -0.25) is 4.79 Å². The maximum absolute atomic E-state index is 11.2. The summed E-state index contributed by atoms with van der Waals surface area (Å²) >= 11 is 0. The van der Waals surface area contributed by atoms with Gasteiger partial charge in [-0.15, -0.1) is 24.0 Å². The Morgan fingerprint density at radius 2 is 1.91 bits per heavy atom. The van der Waals surface area contributed by atoms with E-state index < -0.39 is 0 Å². The van der Waals surface area contributed by atoms with Crippen LogP contribution in [0.3, 0.4) is 0 Å². The van der Waals surface area contributed by atoms with E-state index in [0.29, 0.717) is 26.1 Å². The van der Waals surface area contributed by atoms with Crippen molar-refractivity contribution >= 4 is 35.9 Å². The molecule has 0 heterocycles. The van der Waals surface area contributed by atoms with Crippen molar-refractivity contribution in [1.29, 1.82) is 0 Å². The van der Waals surface area contributed by atoms with E-state index in [1.807, 2.05) is 44.2 Å². The van der Waals surface area contributed by atoms with Crippen molar-refractivity contribution < 1.29 is 9.53 Å². The summed E-state index contributed by atoms with van der Waals surface area (Å²) in [6, 6.07) is 10.1. The number of halogens is 1. The van der Waals surface area contributed by atoms with Crippen molar-refractivity contribution in [2.24, 2.45) is 4.99 Å². The van der Waals surface area contributed by atoms with Crippen LogP contribution in [-0.4, -0.2) is 31.6 Å². The Labute approximate surface area is 149 Å². The van der Waals surface area contributed by atoms with Crippen molar-refractivity contribution in [3.05, 3.63) is 35.9 Å². The number of hydrogen-bond acceptors (Lipinski definition) is 3. The normalized spacial score (nSPS) is 10.5. The highest BCUT2D eigenvalue weighted by Gasteiger charge is 2.02. The molecule has 1 aromatic rings. The maximum Gasteiger partial charge on any atom is 0.305 e. The molecule has 0 aliphatic heterocycles. The number of carbonyl (C=O) groups is 1. The molecule has 0 fully saturated rings. The van der Waals surface area contributed by atoms with Crippen molar-refractivity contribution in [1.82, 2.24) is 10.6 Å². The number of nitrogens with zero attached hydrogens (tertiary/aromatic N) is 1. The summed E-state index contributed by atoms with van der Waals surface area (Å²) in [6.45, 7) is 6.41. The fourth-order valence-corrected chi connectivity index (χ4v) is 1.77. The van der Waals surface area contributed by atoms with Gasteiger partial charge in [0.25, 0.3) is 0 Å². The lowest BCUT2D eigenvalue weighted by Crippen LogP contribution is -2.37. The van der Waals surface area contributed by atoms with E-state index in [0.717, 1.165) is 18.9 Å². The topological polar surface area (TPSA) is 62.7 Å². The second-order valence-electron chi connectivity index (χ2n) is 4.52. The third kappa shape index (κ3) is 9.59. The molecule has 5 nitrogen and oxygen atoms in total. The fourth-order valence-electron chi connectivity index (χ4n) is 1.77. The number of ether oxygens (including phenoxy) is 1. The highest BCUT2D eigenvalue weighted by Crippen LogP contribution is 2.00. The molecule has 0 bridgehead atoms. The second kappa shape index (κ2) is 13.4. The minimum atomic E-state index is -0.148. The first-order chi connectivity index (χ1) is 10.3. The van der Waals surface area contributed by atoms with Crippen molar-refractivity contribution in [3.8, 4) is 0 Å². The first-order valence-electron chi connectivity index (χ1n) is 7.48. The van der Waals surface area contributed by atoms with Gasteiger partial charge in [-0.2, -0.15) is 0 Å². The Bertz CT molecular complexity index is 438. The van der Waals surface area contributed by atoms with E-state index in [1.165, 1.54) is 5.56 Å². The van der Waals surface area contributed by atoms with Gasteiger partial charge in [0.1, 0.15) is 0 Å². The summed E-state index contributed by atoms with van der Waals surface area (Å²) < 4.78 is 4.89. The van der Waals surface area contributed by atoms with Gasteiger partial charge in [0.2, 0.25) is 0 Å². The zero-order chi connectivity index (χ0) is 15.3. The molecule has 0 unspecified atom stereocenters. The van der Waals surface area contributed by atoms with Crippen LogP contribution >= 0.6 is 24.0 Å². The summed E-state index contributed by atoms with van der Waals surface area (Å²) in [6.07, 6.45) is 1.16. The van der Waals surface area contributed by atoms with Crippen LogP contribution in [0.2, 0.25) is 0 Å². The van der Waals surface area contributed by atoms with Gasteiger partial charge in [0.05, 0.1) is 13.2 Å². The molecule has 124 valence electrons. The molecule has 6 heteroatoms. The lowest BCUT2D eigenvalue weighted by molar-refractivity contribution is -0.143. The van der Waals surface area contributed by atoms with E-state index in [4.69, 9.17) is 4.74 Å². The average molecular weight is 419 g/mol. The quantitative estimate of drug-likeness (QED) is 0.224. The van der Waals surface area contributed by atoms with Crippen LogP contribution in [0, 0.1) is 0 Å². The smallest absolute Gasteiger partial charge is 0.305 e. The number of guanidine groups is 1. The SMILES string of the molecule is CCNC(=NCc1ccccc1)NCCCC(=O)OCC.I. The van der Waals surface area contributed by atoms with Crippen LogP contribution in [0.15, 0.2) is 35.3 Å². The number of aliphatic imine (C=N–C) groups is 1. The van der Waals surface area contributed by atoms with Gasteiger partial charge in [-0.05, 0) is 25.8 Å². The van der Waals surface area contributed by atoms with Crippen molar-refractivity contribution in [2.45, 2.75) is 33.2 Å². The van der Waals surface area contributed by atoms with Gasteiger partial charge in [0.15, 0.2) is 5.96 Å². The molecule has 0 spiro atoms. The molecule has 1 rings (SSSR count). The lowest BCUT2D eigenvalue weighted by atomic mass is 10.2. The summed E-state index contributed by atoms with van der Waals surface area (Å²) in [7, 11) is 0. The molecule has 22 heavy (non-hydrogen) atoms. The number of hydrogen-bond donors (Lipinski definition) is 2. The molecule has 0 aromatic heterocycles. The predicted octanol–water partition coefficient (Wildman–Crippen LogP) is 2.70. The molecule has 0 amide bonds. The Morgan fingerprint density at radius 3 is 2.55 bits per heavy atom. The fraction of sp³-hybridized carbons (Fsp3) is 0.500. The molecule has 0 aliphatic rings. The van der Waals surface area contributed by atoms with Crippen LogP contribution in [-0.2, 0) is 16.1 Å². The summed E-state index contributed by atoms with van der Waals surface area (Å²) in [5.41, 5.74) is 1.17. The van der Waals surface area contributed by atoms with E-state index >= 15 is 0 Å². The minimum Gasteiger partial charge on any atom is -0.466 e. The zero-order valence-corrected chi connectivity index (χ0v) is 15.6. The summed E-state index contributed by atoms with van der Waals surface area (Å²) in [5.74, 6) is 0.621. The van der Waals surface area contributed by atoms with Crippen LogP contribution in [0.5, 0.6) is 0 Å². The van der Waals surface area contributed by atoms with Crippen molar-refractivity contribution in [3.63, 3.8) is 0 Å². The number of nitrogens with one attached hydrogen (secondary N) is 2. The predicted molar refractivity (Wildman–Crippen MR) is 101 cm³/mol. The minimum absolute atomic E-state index is 0. The number of carbonyl (C=O) groups excluding carboxylic acids is 1. The monoisotopic (exact) mass is 419 g/mol. The van der Waals surface area contributed by atoms with Gasteiger partial charge in [-0.1, -0.05) is 30.3 Å². The van der Waals surface area contributed by atoms with E-state index in [9.17, 15) is 4.79 Å². The largest absolute Gasteiger partial charge is 0.466 e. The summed E-state index contributed by atoms with van der Waals surface area (Å²) in [5, 5.41) is 6.41. The van der Waals surface area contributed by atoms with Crippen LogP contribution in [0.25, 0.3) is 0 Å². The number of esters is 1. The first kappa shape index (κ1) is 20.7. The van der Waals surface area contributed by atoms with E-state index in [-0.39, 0.29) is 29.9 Å². The molecule has 0 radical (unpaired) electrons. The highest BCUT2D eigenvalue weighted by molar-refractivity contribution is 14.0. The average Bonchev–Trinajstić information content (AvgIpc) is 2.50. The maximum atomic E-state index is 11.2.